The third-order valence-corrected chi connectivity index (χ3v) is 7.62. The van der Waals surface area contributed by atoms with E-state index in [0.717, 1.165) is 16.8 Å². The van der Waals surface area contributed by atoms with Crippen LogP contribution in [0.5, 0.6) is 0 Å². The number of amides is 2. The predicted octanol–water partition coefficient (Wildman–Crippen LogP) is 0.964. The maximum Gasteiger partial charge on any atom is 0.321 e. The van der Waals surface area contributed by atoms with Gasteiger partial charge in [-0.1, -0.05) is 23.7 Å². The van der Waals surface area contributed by atoms with E-state index in [-0.39, 0.29) is 18.9 Å². The summed E-state index contributed by atoms with van der Waals surface area (Å²) in [5.41, 5.74) is 0.579. The van der Waals surface area contributed by atoms with Gasteiger partial charge in [0.05, 0.1) is 20.3 Å². The zero-order chi connectivity index (χ0) is 24.9. The van der Waals surface area contributed by atoms with Crippen molar-refractivity contribution in [3.05, 3.63) is 40.3 Å². The molecular weight excluding hydrogens is 486 g/mol. The topological polar surface area (TPSA) is 114 Å². The number of methoxy groups -OCH3 is 1. The van der Waals surface area contributed by atoms with E-state index in [9.17, 15) is 22.8 Å². The highest BCUT2D eigenvalue weighted by Gasteiger charge is 2.44. The van der Waals surface area contributed by atoms with Crippen LogP contribution >= 0.6 is 11.6 Å². The molecule has 2 saturated heterocycles. The Labute approximate surface area is 204 Å². The molecule has 0 aromatic heterocycles. The van der Waals surface area contributed by atoms with Gasteiger partial charge in [-0.05, 0) is 37.1 Å². The number of likely N-dealkylation sites (tertiary alicyclic amines) is 1. The molecule has 34 heavy (non-hydrogen) atoms. The Morgan fingerprint density at radius 3 is 2.50 bits per heavy atom. The van der Waals surface area contributed by atoms with Gasteiger partial charge in [0, 0.05) is 30.1 Å². The van der Waals surface area contributed by atoms with Gasteiger partial charge >= 0.3 is 5.97 Å². The highest BCUT2D eigenvalue weighted by atomic mass is 35.5. The SMILES string of the molecule is COC(=O)CN([C@H]1CCN([C@@H](C)C(=O)N2CCOCC2)C1=O)S(=O)(=O)C=Cc1ccc(Cl)cc1. The lowest BCUT2D eigenvalue weighted by atomic mass is 10.2. The van der Waals surface area contributed by atoms with Crippen LogP contribution in [0.25, 0.3) is 6.08 Å². The highest BCUT2D eigenvalue weighted by molar-refractivity contribution is 7.92. The van der Waals surface area contributed by atoms with Crippen molar-refractivity contribution in [2.75, 3.05) is 46.5 Å². The molecule has 0 spiro atoms. The Hall–Kier alpha value is -2.47. The van der Waals surface area contributed by atoms with Crippen LogP contribution in [0.15, 0.2) is 29.7 Å². The molecule has 0 bridgehead atoms. The summed E-state index contributed by atoms with van der Waals surface area (Å²) in [7, 11) is -3.04. The zero-order valence-corrected chi connectivity index (χ0v) is 20.6. The summed E-state index contributed by atoms with van der Waals surface area (Å²) in [6, 6.07) is 4.62. The van der Waals surface area contributed by atoms with Crippen molar-refractivity contribution in [3.63, 3.8) is 0 Å². The lowest BCUT2D eigenvalue weighted by Gasteiger charge is -2.33. The Bertz CT molecular complexity index is 1040. The molecule has 0 N–H and O–H groups in total. The molecule has 12 heteroatoms. The van der Waals surface area contributed by atoms with Gasteiger partial charge in [0.15, 0.2) is 0 Å². The smallest absolute Gasteiger partial charge is 0.321 e. The summed E-state index contributed by atoms with van der Waals surface area (Å²) >= 11 is 5.86. The monoisotopic (exact) mass is 513 g/mol. The summed E-state index contributed by atoms with van der Waals surface area (Å²) in [6.07, 6.45) is 1.50. The van der Waals surface area contributed by atoms with Gasteiger partial charge in [0.1, 0.15) is 18.6 Å². The number of hydrogen-bond acceptors (Lipinski definition) is 7. The Morgan fingerprint density at radius 2 is 1.88 bits per heavy atom. The quantitative estimate of drug-likeness (QED) is 0.476. The first-order valence-corrected chi connectivity index (χ1v) is 12.7. The normalized spacial score (nSPS) is 20.2. The molecule has 2 aliphatic rings. The Morgan fingerprint density at radius 1 is 1.24 bits per heavy atom. The Kier molecular flexibility index (Phi) is 8.69. The molecule has 3 rings (SSSR count). The number of carbonyl (C=O) groups excluding carboxylic acids is 3. The fourth-order valence-electron chi connectivity index (χ4n) is 3.91. The van der Waals surface area contributed by atoms with E-state index < -0.39 is 40.5 Å². The highest BCUT2D eigenvalue weighted by Crippen LogP contribution is 2.24. The lowest BCUT2D eigenvalue weighted by molar-refractivity contribution is -0.147. The van der Waals surface area contributed by atoms with Crippen LogP contribution in [-0.4, -0.2) is 98.9 Å². The van der Waals surface area contributed by atoms with Gasteiger partial charge < -0.3 is 19.3 Å². The molecule has 0 unspecified atom stereocenters. The fourth-order valence-corrected chi connectivity index (χ4v) is 5.35. The first-order valence-electron chi connectivity index (χ1n) is 10.8. The number of benzene rings is 1. The number of morpholine rings is 1. The van der Waals surface area contributed by atoms with E-state index in [4.69, 9.17) is 16.3 Å². The number of esters is 1. The molecule has 186 valence electrons. The molecule has 0 radical (unpaired) electrons. The second kappa shape index (κ2) is 11.3. The molecule has 1 aromatic rings. The van der Waals surface area contributed by atoms with E-state index in [1.165, 1.54) is 11.0 Å². The van der Waals surface area contributed by atoms with Gasteiger partial charge in [-0.25, -0.2) is 8.42 Å². The summed E-state index contributed by atoms with van der Waals surface area (Å²) in [6.45, 7) is 2.92. The minimum absolute atomic E-state index is 0.143. The van der Waals surface area contributed by atoms with Gasteiger partial charge in [0.2, 0.25) is 21.8 Å². The van der Waals surface area contributed by atoms with E-state index in [1.807, 2.05) is 0 Å². The number of rotatable bonds is 8. The summed E-state index contributed by atoms with van der Waals surface area (Å²) in [5.74, 6) is -1.55. The number of hydrogen-bond donors (Lipinski definition) is 0. The second-order valence-corrected chi connectivity index (χ2v) is 10.2. The fraction of sp³-hybridized carbons (Fsp3) is 0.500. The number of ether oxygens (including phenoxy) is 2. The van der Waals surface area contributed by atoms with Crippen LogP contribution in [0, 0.1) is 0 Å². The van der Waals surface area contributed by atoms with Crippen molar-refractivity contribution in [1.29, 1.82) is 0 Å². The Balaban J connectivity index is 1.80. The molecule has 0 saturated carbocycles. The van der Waals surface area contributed by atoms with E-state index in [0.29, 0.717) is 36.9 Å². The van der Waals surface area contributed by atoms with Crippen LogP contribution in [-0.2, 0) is 33.9 Å². The van der Waals surface area contributed by atoms with Gasteiger partial charge in [0.25, 0.3) is 0 Å². The standard InChI is InChI=1S/C22H28ClN3O7S/c1-16(21(28)24-10-12-33-13-11-24)25-9-7-19(22(25)29)26(15-20(27)32-2)34(30,31)14-8-17-3-5-18(23)6-4-17/h3-6,8,14,16,19H,7,9-13,15H2,1-2H3/t16-,19-/m0/s1. The minimum atomic E-state index is -4.18. The summed E-state index contributed by atoms with van der Waals surface area (Å²) in [4.78, 5) is 41.1. The average Bonchev–Trinajstić information content (AvgIpc) is 3.22. The average molecular weight is 514 g/mol. The molecular formula is C22H28ClN3O7S. The molecule has 2 atom stereocenters. The van der Waals surface area contributed by atoms with E-state index >= 15 is 0 Å². The van der Waals surface area contributed by atoms with Crippen LogP contribution in [0.1, 0.15) is 18.9 Å². The molecule has 10 nitrogen and oxygen atoms in total. The van der Waals surface area contributed by atoms with Crippen molar-refractivity contribution >= 4 is 45.5 Å². The van der Waals surface area contributed by atoms with Crippen LogP contribution in [0.2, 0.25) is 5.02 Å². The minimum Gasteiger partial charge on any atom is -0.468 e. The van der Waals surface area contributed by atoms with E-state index in [1.54, 1.807) is 36.1 Å². The molecule has 2 fully saturated rings. The molecule has 2 heterocycles. The van der Waals surface area contributed by atoms with Crippen molar-refractivity contribution in [2.45, 2.75) is 25.4 Å². The van der Waals surface area contributed by atoms with Crippen molar-refractivity contribution in [1.82, 2.24) is 14.1 Å². The number of carbonyl (C=O) groups is 3. The predicted molar refractivity (Wildman–Crippen MR) is 125 cm³/mol. The van der Waals surface area contributed by atoms with Gasteiger partial charge in [-0.3, -0.25) is 14.4 Å². The number of sulfonamides is 1. The van der Waals surface area contributed by atoms with Crippen LogP contribution in [0.4, 0.5) is 0 Å². The maximum atomic E-state index is 13.2. The number of halogens is 1. The van der Waals surface area contributed by atoms with Gasteiger partial charge in [-0.15, -0.1) is 0 Å². The van der Waals surface area contributed by atoms with E-state index in [2.05, 4.69) is 4.74 Å². The first kappa shape index (κ1) is 26.1. The first-order chi connectivity index (χ1) is 16.1. The molecule has 1 aromatic carbocycles. The largest absolute Gasteiger partial charge is 0.468 e. The molecule has 0 aliphatic carbocycles. The lowest BCUT2D eigenvalue weighted by Crippen LogP contribution is -2.53. The summed E-state index contributed by atoms with van der Waals surface area (Å²) in [5, 5.41) is 1.45. The van der Waals surface area contributed by atoms with Gasteiger partial charge in [-0.2, -0.15) is 4.31 Å². The zero-order valence-electron chi connectivity index (χ0n) is 19.1. The number of nitrogens with zero attached hydrogens (tertiary/aromatic N) is 3. The maximum absolute atomic E-state index is 13.2. The second-order valence-electron chi connectivity index (χ2n) is 7.97. The van der Waals surface area contributed by atoms with Crippen molar-refractivity contribution in [3.8, 4) is 0 Å². The third-order valence-electron chi connectivity index (χ3n) is 5.85. The summed E-state index contributed by atoms with van der Waals surface area (Å²) < 4.78 is 37.1. The molecule has 2 amide bonds. The van der Waals surface area contributed by atoms with Crippen molar-refractivity contribution < 1.29 is 32.3 Å². The van der Waals surface area contributed by atoms with Crippen LogP contribution in [0.3, 0.4) is 0 Å². The van der Waals surface area contributed by atoms with Crippen LogP contribution < -0.4 is 0 Å². The van der Waals surface area contributed by atoms with Crippen molar-refractivity contribution in [2.24, 2.45) is 0 Å². The third kappa shape index (κ3) is 6.15. The molecule has 2 aliphatic heterocycles.